The molecule has 0 aliphatic carbocycles. The van der Waals surface area contributed by atoms with Crippen LogP contribution in [0, 0.1) is 11.8 Å². The zero-order valence-electron chi connectivity index (χ0n) is 11.9. The maximum absolute atomic E-state index is 11.8. The highest BCUT2D eigenvalue weighted by Gasteiger charge is 2.27. The number of hydrogen-bond acceptors (Lipinski definition) is 3. The SMILES string of the molecule is CC(C)CCNC(=O)C(C)SC(C(=O)O)C(C)C. The molecular formula is C13H25NO3S. The molecule has 2 unspecified atom stereocenters. The van der Waals surface area contributed by atoms with Crippen molar-refractivity contribution < 1.29 is 14.7 Å². The Labute approximate surface area is 114 Å². The normalized spacial score (nSPS) is 14.6. The third-order valence-corrected chi connectivity index (χ3v) is 4.25. The number of rotatable bonds is 8. The van der Waals surface area contributed by atoms with Crippen molar-refractivity contribution in [1.29, 1.82) is 0 Å². The van der Waals surface area contributed by atoms with Crippen molar-refractivity contribution in [2.24, 2.45) is 11.8 Å². The number of carbonyl (C=O) groups is 2. The summed E-state index contributed by atoms with van der Waals surface area (Å²) in [6.07, 6.45) is 0.940. The molecule has 0 radical (unpaired) electrons. The molecule has 0 aromatic carbocycles. The third kappa shape index (κ3) is 6.89. The van der Waals surface area contributed by atoms with Gasteiger partial charge in [0.25, 0.3) is 0 Å². The van der Waals surface area contributed by atoms with E-state index in [1.165, 1.54) is 11.8 Å². The average Bonchev–Trinajstić information content (AvgIpc) is 2.23. The number of thioether (sulfide) groups is 1. The van der Waals surface area contributed by atoms with Gasteiger partial charge in [-0.05, 0) is 25.2 Å². The number of hydrogen-bond donors (Lipinski definition) is 2. The molecule has 0 aliphatic heterocycles. The lowest BCUT2D eigenvalue weighted by Gasteiger charge is -2.20. The summed E-state index contributed by atoms with van der Waals surface area (Å²) in [6, 6.07) is 0. The van der Waals surface area contributed by atoms with Crippen LogP contribution in [0.15, 0.2) is 0 Å². The van der Waals surface area contributed by atoms with Gasteiger partial charge in [-0.2, -0.15) is 0 Å². The van der Waals surface area contributed by atoms with Crippen LogP contribution in [0.3, 0.4) is 0 Å². The van der Waals surface area contributed by atoms with Crippen LogP contribution < -0.4 is 5.32 Å². The summed E-state index contributed by atoms with van der Waals surface area (Å²) < 4.78 is 0. The number of aliphatic carboxylic acids is 1. The Balaban J connectivity index is 4.17. The topological polar surface area (TPSA) is 66.4 Å². The van der Waals surface area contributed by atoms with E-state index in [1.54, 1.807) is 6.92 Å². The van der Waals surface area contributed by atoms with Gasteiger partial charge in [0.2, 0.25) is 5.91 Å². The van der Waals surface area contributed by atoms with E-state index in [0.29, 0.717) is 12.5 Å². The van der Waals surface area contributed by atoms with Crippen LogP contribution in [0.25, 0.3) is 0 Å². The highest BCUT2D eigenvalue weighted by molar-refractivity contribution is 8.01. The van der Waals surface area contributed by atoms with E-state index in [1.807, 2.05) is 13.8 Å². The van der Waals surface area contributed by atoms with Gasteiger partial charge in [-0.3, -0.25) is 9.59 Å². The first kappa shape index (κ1) is 17.3. The minimum atomic E-state index is -0.850. The van der Waals surface area contributed by atoms with Gasteiger partial charge >= 0.3 is 5.97 Å². The van der Waals surface area contributed by atoms with Crippen LogP contribution in [0.1, 0.15) is 41.0 Å². The largest absolute Gasteiger partial charge is 0.480 e. The molecule has 0 saturated heterocycles. The molecule has 5 heteroatoms. The quantitative estimate of drug-likeness (QED) is 0.714. The lowest BCUT2D eigenvalue weighted by molar-refractivity contribution is -0.137. The van der Waals surface area contributed by atoms with E-state index in [9.17, 15) is 9.59 Å². The van der Waals surface area contributed by atoms with E-state index >= 15 is 0 Å². The molecule has 18 heavy (non-hydrogen) atoms. The minimum Gasteiger partial charge on any atom is -0.480 e. The van der Waals surface area contributed by atoms with Gasteiger partial charge in [-0.1, -0.05) is 27.7 Å². The summed E-state index contributed by atoms with van der Waals surface area (Å²) in [5.74, 6) is -0.363. The van der Waals surface area contributed by atoms with Crippen LogP contribution in [-0.4, -0.2) is 34.0 Å². The smallest absolute Gasteiger partial charge is 0.316 e. The molecule has 0 fully saturated rings. The van der Waals surface area contributed by atoms with Crippen molar-refractivity contribution in [2.45, 2.75) is 51.5 Å². The second kappa shape index (κ2) is 8.40. The number of carbonyl (C=O) groups excluding carboxylic acids is 1. The van der Waals surface area contributed by atoms with E-state index in [-0.39, 0.29) is 17.1 Å². The third-order valence-electron chi connectivity index (χ3n) is 2.59. The molecule has 0 spiro atoms. The summed E-state index contributed by atoms with van der Waals surface area (Å²) in [7, 11) is 0. The Morgan fingerprint density at radius 2 is 1.72 bits per heavy atom. The summed E-state index contributed by atoms with van der Waals surface area (Å²) in [5.41, 5.74) is 0. The van der Waals surface area contributed by atoms with Crippen LogP contribution in [-0.2, 0) is 9.59 Å². The molecule has 0 saturated carbocycles. The standard InChI is InChI=1S/C13H25NO3S/c1-8(2)6-7-14-12(15)10(5)18-11(9(3)4)13(16)17/h8-11H,6-7H2,1-5H3,(H,14,15)(H,16,17). The maximum Gasteiger partial charge on any atom is 0.316 e. The van der Waals surface area contributed by atoms with Gasteiger partial charge < -0.3 is 10.4 Å². The fourth-order valence-electron chi connectivity index (χ4n) is 1.41. The molecule has 0 bridgehead atoms. The molecule has 2 N–H and O–H groups in total. The summed E-state index contributed by atoms with van der Waals surface area (Å²) in [6.45, 7) is 10.3. The van der Waals surface area contributed by atoms with E-state index in [4.69, 9.17) is 5.11 Å². The lowest BCUT2D eigenvalue weighted by atomic mass is 10.1. The van der Waals surface area contributed by atoms with Crippen LogP contribution in [0.2, 0.25) is 0 Å². The lowest BCUT2D eigenvalue weighted by Crippen LogP contribution is -2.35. The molecule has 0 rings (SSSR count). The van der Waals surface area contributed by atoms with Crippen molar-refractivity contribution in [3.05, 3.63) is 0 Å². The van der Waals surface area contributed by atoms with Gasteiger partial charge in [-0.15, -0.1) is 11.8 Å². The highest BCUT2D eigenvalue weighted by Crippen LogP contribution is 2.24. The first-order valence-corrected chi connectivity index (χ1v) is 7.36. The van der Waals surface area contributed by atoms with E-state index in [0.717, 1.165) is 6.42 Å². The zero-order valence-corrected chi connectivity index (χ0v) is 12.7. The van der Waals surface area contributed by atoms with Crippen molar-refractivity contribution in [3.8, 4) is 0 Å². The molecule has 1 amide bonds. The minimum absolute atomic E-state index is 0.0124. The van der Waals surface area contributed by atoms with Crippen LogP contribution in [0.4, 0.5) is 0 Å². The first-order valence-electron chi connectivity index (χ1n) is 6.41. The number of nitrogens with one attached hydrogen (secondary N) is 1. The molecule has 4 nitrogen and oxygen atoms in total. The van der Waals surface area contributed by atoms with Crippen molar-refractivity contribution in [1.82, 2.24) is 5.32 Å². The zero-order chi connectivity index (χ0) is 14.3. The second-order valence-corrected chi connectivity index (χ2v) is 6.74. The predicted octanol–water partition coefficient (Wildman–Crippen LogP) is 2.38. The van der Waals surface area contributed by atoms with Gasteiger partial charge in [0, 0.05) is 6.54 Å². The Morgan fingerprint density at radius 1 is 1.17 bits per heavy atom. The van der Waals surface area contributed by atoms with E-state index in [2.05, 4.69) is 19.2 Å². The Morgan fingerprint density at radius 3 is 2.11 bits per heavy atom. The number of carboxylic acid groups (broad SMARTS) is 1. The molecule has 0 heterocycles. The van der Waals surface area contributed by atoms with Crippen molar-refractivity contribution >= 4 is 23.6 Å². The van der Waals surface area contributed by atoms with Gasteiger partial charge in [0.15, 0.2) is 0 Å². The monoisotopic (exact) mass is 275 g/mol. The fourth-order valence-corrected chi connectivity index (χ4v) is 2.49. The highest BCUT2D eigenvalue weighted by atomic mass is 32.2. The molecule has 106 valence electrons. The molecule has 0 aromatic heterocycles. The predicted molar refractivity (Wildman–Crippen MR) is 75.8 cm³/mol. The Bertz CT molecular complexity index is 279. The fraction of sp³-hybridized carbons (Fsp3) is 0.846. The van der Waals surface area contributed by atoms with Crippen molar-refractivity contribution in [3.63, 3.8) is 0 Å². The van der Waals surface area contributed by atoms with Gasteiger partial charge in [0.05, 0.1) is 5.25 Å². The Hall–Kier alpha value is -0.710. The average molecular weight is 275 g/mol. The summed E-state index contributed by atoms with van der Waals surface area (Å²) in [4.78, 5) is 22.8. The summed E-state index contributed by atoms with van der Waals surface area (Å²) in [5, 5.41) is 11.1. The number of carboxylic acids is 1. The molecule has 2 atom stereocenters. The van der Waals surface area contributed by atoms with Gasteiger partial charge in [0.1, 0.15) is 5.25 Å². The van der Waals surface area contributed by atoms with Crippen LogP contribution in [0.5, 0.6) is 0 Å². The van der Waals surface area contributed by atoms with Gasteiger partial charge in [-0.25, -0.2) is 0 Å². The molecule has 0 aliphatic rings. The van der Waals surface area contributed by atoms with E-state index < -0.39 is 11.2 Å². The molecule has 0 aromatic rings. The second-order valence-electron chi connectivity index (χ2n) is 5.25. The van der Waals surface area contributed by atoms with Crippen molar-refractivity contribution in [2.75, 3.05) is 6.54 Å². The molecular weight excluding hydrogens is 250 g/mol. The Kier molecular flexibility index (Phi) is 8.07. The number of amides is 1. The van der Waals surface area contributed by atoms with Crippen LogP contribution >= 0.6 is 11.8 Å². The first-order chi connectivity index (χ1) is 8.25. The summed E-state index contributed by atoms with van der Waals surface area (Å²) >= 11 is 1.22. The maximum atomic E-state index is 11.8.